The Morgan fingerprint density at radius 2 is 1.89 bits per heavy atom. The first kappa shape index (κ1) is 12.0. The first-order chi connectivity index (χ1) is 8.72. The maximum Gasteiger partial charge on any atom is 0.188 e. The molecule has 1 aromatic heterocycles. The van der Waals surface area contributed by atoms with E-state index in [4.69, 9.17) is 11.6 Å². The zero-order valence-electron chi connectivity index (χ0n) is 9.15. The number of benzene rings is 2. The summed E-state index contributed by atoms with van der Waals surface area (Å²) in [6, 6.07) is 13.7. The molecule has 0 spiro atoms. The molecular formula is C13H8BrClN2S. The summed E-state index contributed by atoms with van der Waals surface area (Å²) in [6.07, 6.45) is 0. The Morgan fingerprint density at radius 3 is 2.61 bits per heavy atom. The lowest BCUT2D eigenvalue weighted by Crippen LogP contribution is -1.87. The molecular weight excluding hydrogens is 332 g/mol. The van der Waals surface area contributed by atoms with Crippen molar-refractivity contribution in [3.63, 3.8) is 0 Å². The standard InChI is InChI=1S/C13H8BrClN2S/c14-8-4-6-9(7-5-8)16-13-17-11-3-1-2-10(15)12(11)18-13/h1-7H,(H,16,17). The number of fused-ring (bicyclic) bond motifs is 1. The van der Waals surface area contributed by atoms with Crippen LogP contribution >= 0.6 is 38.9 Å². The van der Waals surface area contributed by atoms with Gasteiger partial charge in [-0.3, -0.25) is 0 Å². The third-order valence-electron chi connectivity index (χ3n) is 2.46. The Kier molecular flexibility index (Phi) is 3.24. The highest BCUT2D eigenvalue weighted by Crippen LogP contribution is 2.33. The largest absolute Gasteiger partial charge is 0.332 e. The molecule has 90 valence electrons. The first-order valence-electron chi connectivity index (χ1n) is 5.30. The lowest BCUT2D eigenvalue weighted by molar-refractivity contribution is 1.44. The summed E-state index contributed by atoms with van der Waals surface area (Å²) < 4.78 is 2.07. The van der Waals surface area contributed by atoms with E-state index in [1.54, 1.807) is 11.3 Å². The molecule has 3 rings (SSSR count). The molecule has 0 aliphatic heterocycles. The van der Waals surface area contributed by atoms with Gasteiger partial charge in [-0.15, -0.1) is 0 Å². The molecule has 0 aliphatic rings. The SMILES string of the molecule is Clc1cccc2nc(Nc3ccc(Br)cc3)sc12. The molecule has 0 aliphatic carbocycles. The topological polar surface area (TPSA) is 24.9 Å². The zero-order valence-corrected chi connectivity index (χ0v) is 12.3. The molecule has 0 saturated carbocycles. The number of nitrogens with zero attached hydrogens (tertiary/aromatic N) is 1. The second-order valence-corrected chi connectivity index (χ2v) is 6.06. The number of nitrogens with one attached hydrogen (secondary N) is 1. The average Bonchev–Trinajstić information content (AvgIpc) is 2.76. The van der Waals surface area contributed by atoms with Gasteiger partial charge in [0.1, 0.15) is 0 Å². The molecule has 1 heterocycles. The number of halogens is 2. The van der Waals surface area contributed by atoms with Gasteiger partial charge in [0.05, 0.1) is 15.2 Å². The van der Waals surface area contributed by atoms with Crippen LogP contribution in [0.2, 0.25) is 5.02 Å². The Hall–Kier alpha value is -1.10. The van der Waals surface area contributed by atoms with Crippen LogP contribution in [-0.2, 0) is 0 Å². The molecule has 5 heteroatoms. The molecule has 2 nitrogen and oxygen atoms in total. The van der Waals surface area contributed by atoms with Gasteiger partial charge in [-0.2, -0.15) is 0 Å². The van der Waals surface area contributed by atoms with Crippen molar-refractivity contribution >= 4 is 59.9 Å². The normalized spacial score (nSPS) is 10.8. The highest BCUT2D eigenvalue weighted by Gasteiger charge is 2.06. The maximum atomic E-state index is 6.13. The second kappa shape index (κ2) is 4.88. The van der Waals surface area contributed by atoms with Crippen LogP contribution in [-0.4, -0.2) is 4.98 Å². The summed E-state index contributed by atoms with van der Waals surface area (Å²) in [5.74, 6) is 0. The van der Waals surface area contributed by atoms with E-state index in [0.29, 0.717) is 0 Å². The smallest absolute Gasteiger partial charge is 0.188 e. The minimum absolute atomic E-state index is 0.744. The minimum atomic E-state index is 0.744. The van der Waals surface area contributed by atoms with Crippen LogP contribution in [0.1, 0.15) is 0 Å². The van der Waals surface area contributed by atoms with E-state index < -0.39 is 0 Å². The predicted molar refractivity (Wildman–Crippen MR) is 82.1 cm³/mol. The highest BCUT2D eigenvalue weighted by molar-refractivity contribution is 9.10. The number of thiazole rings is 1. The summed E-state index contributed by atoms with van der Waals surface area (Å²) in [4.78, 5) is 4.50. The number of hydrogen-bond acceptors (Lipinski definition) is 3. The van der Waals surface area contributed by atoms with E-state index in [9.17, 15) is 0 Å². The Bertz CT molecular complexity index is 694. The quantitative estimate of drug-likeness (QED) is 0.671. The summed E-state index contributed by atoms with van der Waals surface area (Å²) >= 11 is 11.1. The fourth-order valence-corrected chi connectivity index (χ4v) is 3.07. The molecule has 3 aromatic rings. The summed E-state index contributed by atoms with van der Waals surface area (Å²) in [6.45, 7) is 0. The van der Waals surface area contributed by atoms with E-state index in [-0.39, 0.29) is 0 Å². The van der Waals surface area contributed by atoms with Crippen molar-refractivity contribution in [3.8, 4) is 0 Å². The molecule has 0 saturated heterocycles. The highest BCUT2D eigenvalue weighted by atomic mass is 79.9. The molecule has 0 atom stereocenters. The van der Waals surface area contributed by atoms with Crippen LogP contribution in [0.15, 0.2) is 46.9 Å². The van der Waals surface area contributed by atoms with Crippen molar-refractivity contribution in [2.45, 2.75) is 0 Å². The molecule has 0 unspecified atom stereocenters. The lowest BCUT2D eigenvalue weighted by Gasteiger charge is -2.01. The average molecular weight is 340 g/mol. The van der Waals surface area contributed by atoms with Crippen LogP contribution in [0.4, 0.5) is 10.8 Å². The van der Waals surface area contributed by atoms with Gasteiger partial charge in [-0.1, -0.05) is 44.9 Å². The summed E-state index contributed by atoms with van der Waals surface area (Å²) in [5.41, 5.74) is 1.93. The monoisotopic (exact) mass is 338 g/mol. The number of rotatable bonds is 2. The Morgan fingerprint density at radius 1 is 1.11 bits per heavy atom. The molecule has 18 heavy (non-hydrogen) atoms. The van der Waals surface area contributed by atoms with Gasteiger partial charge in [0, 0.05) is 10.2 Å². The van der Waals surface area contributed by atoms with Gasteiger partial charge in [-0.25, -0.2) is 4.98 Å². The number of hydrogen-bond donors (Lipinski definition) is 1. The van der Waals surface area contributed by atoms with Gasteiger partial charge < -0.3 is 5.32 Å². The molecule has 0 amide bonds. The van der Waals surface area contributed by atoms with Crippen molar-refractivity contribution in [3.05, 3.63) is 52.0 Å². The Balaban J connectivity index is 1.95. The van der Waals surface area contributed by atoms with Crippen molar-refractivity contribution in [2.24, 2.45) is 0 Å². The molecule has 0 fully saturated rings. The number of anilines is 2. The van der Waals surface area contributed by atoms with Gasteiger partial charge in [-0.05, 0) is 36.4 Å². The van der Waals surface area contributed by atoms with E-state index >= 15 is 0 Å². The third kappa shape index (κ3) is 2.36. The van der Waals surface area contributed by atoms with Crippen molar-refractivity contribution in [1.29, 1.82) is 0 Å². The van der Waals surface area contributed by atoms with E-state index in [0.717, 1.165) is 30.5 Å². The van der Waals surface area contributed by atoms with Crippen LogP contribution < -0.4 is 5.32 Å². The van der Waals surface area contributed by atoms with Crippen LogP contribution in [0.25, 0.3) is 10.2 Å². The van der Waals surface area contributed by atoms with Crippen LogP contribution in [0.3, 0.4) is 0 Å². The molecule has 1 N–H and O–H groups in total. The molecule has 0 bridgehead atoms. The van der Waals surface area contributed by atoms with E-state index in [2.05, 4.69) is 26.2 Å². The predicted octanol–water partition coefficient (Wildman–Crippen LogP) is 5.46. The van der Waals surface area contributed by atoms with Gasteiger partial charge in [0.15, 0.2) is 5.13 Å². The summed E-state index contributed by atoms with van der Waals surface area (Å²) in [7, 11) is 0. The van der Waals surface area contributed by atoms with Gasteiger partial charge in [0.2, 0.25) is 0 Å². The zero-order chi connectivity index (χ0) is 12.5. The molecule has 2 aromatic carbocycles. The van der Waals surface area contributed by atoms with Gasteiger partial charge in [0.25, 0.3) is 0 Å². The Labute approximate surface area is 122 Å². The van der Waals surface area contributed by atoms with Crippen LogP contribution in [0.5, 0.6) is 0 Å². The van der Waals surface area contributed by atoms with Gasteiger partial charge >= 0.3 is 0 Å². The summed E-state index contributed by atoms with van der Waals surface area (Å²) in [5, 5.41) is 4.87. The van der Waals surface area contributed by atoms with Crippen molar-refractivity contribution < 1.29 is 0 Å². The van der Waals surface area contributed by atoms with Crippen molar-refractivity contribution in [2.75, 3.05) is 5.32 Å². The first-order valence-corrected chi connectivity index (χ1v) is 7.29. The van der Waals surface area contributed by atoms with Crippen molar-refractivity contribution in [1.82, 2.24) is 4.98 Å². The fraction of sp³-hybridized carbons (Fsp3) is 0. The minimum Gasteiger partial charge on any atom is -0.332 e. The maximum absolute atomic E-state index is 6.13. The lowest BCUT2D eigenvalue weighted by atomic mass is 10.3. The third-order valence-corrected chi connectivity index (χ3v) is 4.44. The number of aromatic nitrogens is 1. The fourth-order valence-electron chi connectivity index (χ4n) is 1.63. The van der Waals surface area contributed by atoms with Crippen LogP contribution in [0, 0.1) is 0 Å². The molecule has 0 radical (unpaired) electrons. The van der Waals surface area contributed by atoms with E-state index in [1.807, 2.05) is 42.5 Å². The van der Waals surface area contributed by atoms with E-state index in [1.165, 1.54) is 0 Å². The second-order valence-electron chi connectivity index (χ2n) is 3.74.